The maximum Gasteiger partial charge on any atom is 0.410 e. The molecule has 2 aliphatic rings. The Morgan fingerprint density at radius 2 is 0.738 bits per heavy atom. The van der Waals surface area contributed by atoms with Crippen molar-refractivity contribution >= 4 is 47.2 Å². The van der Waals surface area contributed by atoms with Crippen molar-refractivity contribution in [3.8, 4) is 22.3 Å². The van der Waals surface area contributed by atoms with E-state index in [1.165, 1.54) is 23.9 Å². The van der Waals surface area contributed by atoms with E-state index in [9.17, 15) is 28.8 Å². The van der Waals surface area contributed by atoms with Crippen molar-refractivity contribution in [3.05, 3.63) is 215 Å². The molecule has 0 bridgehead atoms. The van der Waals surface area contributed by atoms with Gasteiger partial charge >= 0.3 is 12.2 Å². The van der Waals surface area contributed by atoms with Crippen LogP contribution < -0.4 is 21.3 Å². The van der Waals surface area contributed by atoms with Crippen molar-refractivity contribution < 1.29 is 47.7 Å². The molecule has 2 atom stereocenters. The number of carbonyl (C=O) groups is 6. The SMILES string of the molecule is CN(C(=O)OCC1c2ccccc2-c2ccccc21)[C@@H](COCc1ccccc1)C(=O)NCCC(=O)Nc1ccc(NC(=O)CCNC(=O)[C@H](COCc2ccccc2)N(C)C(=O)OCC2c3ccccc3-c3ccccc32)cc1. The average molecular weight is 1080 g/mol. The monoisotopic (exact) mass is 1080 g/mol. The fourth-order valence-corrected chi connectivity index (χ4v) is 10.0. The second kappa shape index (κ2) is 27.0. The predicted octanol–water partition coefficient (Wildman–Crippen LogP) is 9.51. The van der Waals surface area contributed by atoms with E-state index >= 15 is 0 Å². The van der Waals surface area contributed by atoms with Crippen molar-refractivity contribution in [1.29, 1.82) is 0 Å². The third-order valence-electron chi connectivity index (χ3n) is 14.3. The van der Waals surface area contributed by atoms with E-state index < -0.39 is 36.1 Å². The normalized spacial score (nSPS) is 12.8. The zero-order valence-corrected chi connectivity index (χ0v) is 44.7. The maximum absolute atomic E-state index is 13.7. The molecular formula is C64H64N6O10. The van der Waals surface area contributed by atoms with Crippen LogP contribution in [-0.2, 0) is 51.3 Å². The first-order chi connectivity index (χ1) is 39.0. The van der Waals surface area contributed by atoms with Crippen LogP contribution in [0.1, 0.15) is 58.1 Å². The molecule has 2 aliphatic carbocycles. The highest BCUT2D eigenvalue weighted by Crippen LogP contribution is 2.46. The summed E-state index contributed by atoms with van der Waals surface area (Å²) in [6.45, 7) is 0.266. The highest BCUT2D eigenvalue weighted by molar-refractivity contribution is 5.94. The van der Waals surface area contributed by atoms with E-state index in [1.807, 2.05) is 133 Å². The van der Waals surface area contributed by atoms with Gasteiger partial charge in [-0.15, -0.1) is 0 Å². The summed E-state index contributed by atoms with van der Waals surface area (Å²) in [4.78, 5) is 83.2. The Labute approximate surface area is 465 Å². The third kappa shape index (κ3) is 13.9. The first kappa shape index (κ1) is 55.6. The van der Waals surface area contributed by atoms with Gasteiger partial charge in [-0.3, -0.25) is 29.0 Å². The topological polar surface area (TPSA) is 194 Å². The summed E-state index contributed by atoms with van der Waals surface area (Å²) >= 11 is 0. The van der Waals surface area contributed by atoms with Gasteiger partial charge in [0.25, 0.3) is 0 Å². The Hall–Kier alpha value is -9.12. The molecule has 4 N–H and O–H groups in total. The van der Waals surface area contributed by atoms with Crippen molar-refractivity contribution in [1.82, 2.24) is 20.4 Å². The van der Waals surface area contributed by atoms with E-state index in [4.69, 9.17) is 18.9 Å². The van der Waals surface area contributed by atoms with Crippen LogP contribution in [0.25, 0.3) is 22.3 Å². The molecule has 0 fully saturated rings. The lowest BCUT2D eigenvalue weighted by molar-refractivity contribution is -0.129. The summed E-state index contributed by atoms with van der Waals surface area (Å²) in [5, 5.41) is 11.2. The molecule has 80 heavy (non-hydrogen) atoms. The van der Waals surface area contributed by atoms with Crippen LogP contribution in [0.4, 0.5) is 21.0 Å². The molecule has 6 amide bonds. The van der Waals surface area contributed by atoms with Crippen LogP contribution in [0.2, 0.25) is 0 Å². The van der Waals surface area contributed by atoms with Gasteiger partial charge in [0.05, 0.1) is 26.4 Å². The largest absolute Gasteiger partial charge is 0.448 e. The Kier molecular flexibility index (Phi) is 18.8. The number of ether oxygens (including phenoxy) is 4. The fourth-order valence-electron chi connectivity index (χ4n) is 10.0. The van der Waals surface area contributed by atoms with Gasteiger partial charge in [-0.25, -0.2) is 9.59 Å². The Morgan fingerprint density at radius 3 is 1.07 bits per heavy atom. The van der Waals surface area contributed by atoms with Gasteiger partial charge in [0.1, 0.15) is 25.3 Å². The van der Waals surface area contributed by atoms with Crippen LogP contribution >= 0.6 is 0 Å². The predicted molar refractivity (Wildman–Crippen MR) is 304 cm³/mol. The molecule has 0 unspecified atom stereocenters. The second-order valence-corrected chi connectivity index (χ2v) is 19.6. The molecule has 16 heteroatoms. The molecule has 0 saturated heterocycles. The van der Waals surface area contributed by atoms with Gasteiger partial charge in [0.15, 0.2) is 0 Å². The summed E-state index contributed by atoms with van der Waals surface area (Å²) < 4.78 is 23.6. The zero-order chi connectivity index (χ0) is 55.8. The van der Waals surface area contributed by atoms with E-state index in [-0.39, 0.29) is 89.2 Å². The summed E-state index contributed by atoms with van der Waals surface area (Å²) in [6.07, 6.45) is -1.54. The van der Waals surface area contributed by atoms with Crippen LogP contribution in [0.3, 0.4) is 0 Å². The Morgan fingerprint density at radius 1 is 0.425 bits per heavy atom. The highest BCUT2D eigenvalue weighted by atomic mass is 16.6. The molecule has 7 aromatic carbocycles. The number of amides is 6. The molecule has 0 radical (unpaired) electrons. The van der Waals surface area contributed by atoms with Gasteiger partial charge in [0.2, 0.25) is 23.6 Å². The van der Waals surface area contributed by atoms with Gasteiger partial charge in [-0.1, -0.05) is 158 Å². The summed E-state index contributed by atoms with van der Waals surface area (Å²) in [7, 11) is 2.98. The highest BCUT2D eigenvalue weighted by Gasteiger charge is 2.34. The smallest absolute Gasteiger partial charge is 0.410 e. The molecule has 0 heterocycles. The first-order valence-corrected chi connectivity index (χ1v) is 26.7. The van der Waals surface area contributed by atoms with Crippen LogP contribution in [-0.4, -0.2) is 111 Å². The lowest BCUT2D eigenvalue weighted by Crippen LogP contribution is -2.51. The van der Waals surface area contributed by atoms with E-state index in [2.05, 4.69) is 45.5 Å². The number of anilines is 2. The van der Waals surface area contributed by atoms with Crippen molar-refractivity contribution in [2.75, 3.05) is 64.2 Å². The molecule has 9 rings (SSSR count). The third-order valence-corrected chi connectivity index (χ3v) is 14.3. The molecule has 0 saturated carbocycles. The number of fused-ring (bicyclic) bond motifs is 6. The maximum atomic E-state index is 13.7. The Balaban J connectivity index is 0.724. The van der Waals surface area contributed by atoms with Crippen LogP contribution in [0.5, 0.6) is 0 Å². The lowest BCUT2D eigenvalue weighted by Gasteiger charge is -2.27. The summed E-state index contributed by atoms with van der Waals surface area (Å²) in [5.74, 6) is -2.13. The quantitative estimate of drug-likeness (QED) is 0.0453. The van der Waals surface area contributed by atoms with Gasteiger partial charge in [-0.05, 0) is 79.9 Å². The Bertz CT molecular complexity index is 2980. The molecule has 0 spiro atoms. The van der Waals surface area contributed by atoms with Gasteiger partial charge in [-0.2, -0.15) is 0 Å². The average Bonchev–Trinajstić information content (AvgIpc) is 4.00. The van der Waals surface area contributed by atoms with Crippen LogP contribution in [0, 0.1) is 0 Å². The number of nitrogens with one attached hydrogen (secondary N) is 4. The minimum atomic E-state index is -1.07. The minimum Gasteiger partial charge on any atom is -0.448 e. The molecule has 16 nitrogen and oxygen atoms in total. The lowest BCUT2D eigenvalue weighted by atomic mass is 9.98. The number of benzene rings is 7. The standard InChI is InChI=1S/C64H64N6O10/c1-69(63(75)79-39-55-51-25-13-9-21-47(51)48-22-10-14-26-52(48)55)57(41-77-37-43-17-5-3-6-18-43)61(73)65-35-33-59(71)67-45-29-31-46(32-30-45)68-60(72)34-36-66-62(74)58(42-78-38-44-19-7-4-8-20-44)70(2)64(76)80-40-56-53-27-15-11-23-49(53)50-24-12-16-28-54(50)56/h3-32,55-58H,33-42H2,1-2H3,(H,65,73)(H,66,74)(H,67,71)(H,68,72)/t57-,58-/m0/s1. The number of nitrogens with zero attached hydrogens (tertiary/aromatic N) is 2. The van der Waals surface area contributed by atoms with Gasteiger partial charge < -0.3 is 40.2 Å². The number of hydrogen-bond donors (Lipinski definition) is 4. The fraction of sp³-hybridized carbons (Fsp3) is 0.250. The number of hydrogen-bond acceptors (Lipinski definition) is 10. The number of rotatable bonds is 24. The molecular weight excluding hydrogens is 1010 g/mol. The molecule has 7 aromatic rings. The van der Waals surface area contributed by atoms with E-state index in [0.717, 1.165) is 55.6 Å². The minimum absolute atomic E-state index is 0.0315. The number of carbonyl (C=O) groups excluding carboxylic acids is 6. The molecule has 0 aliphatic heterocycles. The van der Waals surface area contributed by atoms with Gasteiger partial charge in [0, 0.05) is 63.2 Å². The zero-order valence-electron chi connectivity index (χ0n) is 44.7. The molecule has 410 valence electrons. The van der Waals surface area contributed by atoms with Crippen molar-refractivity contribution in [2.24, 2.45) is 0 Å². The summed E-state index contributed by atoms with van der Waals surface area (Å²) in [6, 6.07) is 55.4. The first-order valence-electron chi connectivity index (χ1n) is 26.7. The van der Waals surface area contributed by atoms with Crippen molar-refractivity contribution in [2.45, 2.75) is 50.0 Å². The van der Waals surface area contributed by atoms with E-state index in [0.29, 0.717) is 11.4 Å². The van der Waals surface area contributed by atoms with E-state index in [1.54, 1.807) is 24.3 Å². The number of likely N-dealkylation sites (N-methyl/N-ethyl adjacent to an activating group) is 2. The summed E-state index contributed by atoms with van der Waals surface area (Å²) in [5.41, 5.74) is 11.3. The molecule has 0 aromatic heterocycles. The van der Waals surface area contributed by atoms with Crippen LogP contribution in [0.15, 0.2) is 182 Å². The van der Waals surface area contributed by atoms with Crippen molar-refractivity contribution in [3.63, 3.8) is 0 Å². The second-order valence-electron chi connectivity index (χ2n) is 19.6.